The quantitative estimate of drug-likeness (QED) is 0.770. The van der Waals surface area contributed by atoms with Gasteiger partial charge in [0.05, 0.1) is 6.04 Å². The molecular weight excluding hydrogens is 340 g/mol. The van der Waals surface area contributed by atoms with Crippen LogP contribution in [-0.4, -0.2) is 55.0 Å². The summed E-state index contributed by atoms with van der Waals surface area (Å²) in [5.41, 5.74) is 2.04. The lowest BCUT2D eigenvalue weighted by atomic mass is 9.93. The zero-order chi connectivity index (χ0) is 19.4. The van der Waals surface area contributed by atoms with Crippen LogP contribution >= 0.6 is 0 Å². The molecule has 27 heavy (non-hydrogen) atoms. The number of nitrogens with zero attached hydrogens (tertiary/aromatic N) is 2. The number of carbonyl (C=O) groups is 2. The molecule has 1 aliphatic heterocycles. The van der Waals surface area contributed by atoms with Crippen LogP contribution in [0.2, 0.25) is 0 Å². The molecule has 2 aliphatic rings. The van der Waals surface area contributed by atoms with Gasteiger partial charge in [-0.3, -0.25) is 9.59 Å². The van der Waals surface area contributed by atoms with Crippen LogP contribution in [0.4, 0.5) is 0 Å². The van der Waals surface area contributed by atoms with Crippen molar-refractivity contribution in [2.24, 2.45) is 5.92 Å². The molecule has 0 aromatic heterocycles. The maximum atomic E-state index is 13.1. The molecule has 1 saturated heterocycles. The summed E-state index contributed by atoms with van der Waals surface area (Å²) in [5.74, 6) is 0.716. The van der Waals surface area contributed by atoms with E-state index in [1.807, 2.05) is 38.2 Å². The van der Waals surface area contributed by atoms with Crippen molar-refractivity contribution in [2.45, 2.75) is 57.6 Å². The van der Waals surface area contributed by atoms with E-state index in [1.54, 1.807) is 16.8 Å². The Bertz CT molecular complexity index is 669. The van der Waals surface area contributed by atoms with Crippen LogP contribution in [0, 0.1) is 12.8 Å². The van der Waals surface area contributed by atoms with Crippen molar-refractivity contribution < 1.29 is 14.3 Å². The fourth-order valence-corrected chi connectivity index (χ4v) is 4.45. The summed E-state index contributed by atoms with van der Waals surface area (Å²) >= 11 is 0. The van der Waals surface area contributed by atoms with Crippen molar-refractivity contribution in [3.63, 3.8) is 0 Å². The van der Waals surface area contributed by atoms with Gasteiger partial charge in [-0.05, 0) is 36.8 Å². The number of rotatable bonds is 6. The van der Waals surface area contributed by atoms with Crippen LogP contribution in [0.15, 0.2) is 24.3 Å². The number of carbonyl (C=O) groups excluding carboxylic acids is 2. The Labute approximate surface area is 162 Å². The average Bonchev–Trinajstić information content (AvgIpc) is 3.17. The minimum absolute atomic E-state index is 0.0333. The molecule has 1 aromatic carbocycles. The number of ether oxygens (including phenoxy) is 1. The molecule has 5 nitrogen and oxygen atoms in total. The van der Waals surface area contributed by atoms with E-state index in [0.717, 1.165) is 30.0 Å². The molecule has 148 valence electrons. The molecule has 0 unspecified atom stereocenters. The molecule has 2 amide bonds. The van der Waals surface area contributed by atoms with Gasteiger partial charge in [0.25, 0.3) is 5.91 Å². The van der Waals surface area contributed by atoms with E-state index in [-0.39, 0.29) is 24.5 Å². The highest BCUT2D eigenvalue weighted by molar-refractivity contribution is 5.86. The fraction of sp³-hybridized carbons (Fsp3) is 0.636. The van der Waals surface area contributed by atoms with Crippen molar-refractivity contribution in [1.82, 2.24) is 9.80 Å². The predicted molar refractivity (Wildman–Crippen MR) is 105 cm³/mol. The van der Waals surface area contributed by atoms with Gasteiger partial charge in [0, 0.05) is 20.6 Å². The molecule has 0 N–H and O–H groups in total. The molecule has 1 aliphatic carbocycles. The Morgan fingerprint density at radius 1 is 1.26 bits per heavy atom. The second kappa shape index (κ2) is 8.87. The molecule has 2 atom stereocenters. The van der Waals surface area contributed by atoms with E-state index >= 15 is 0 Å². The monoisotopic (exact) mass is 372 g/mol. The highest BCUT2D eigenvalue weighted by Gasteiger charge is 2.41. The Kier molecular flexibility index (Phi) is 6.53. The summed E-state index contributed by atoms with van der Waals surface area (Å²) in [5, 5.41) is 0. The second-order valence-electron chi connectivity index (χ2n) is 8.09. The summed E-state index contributed by atoms with van der Waals surface area (Å²) in [7, 11) is 3.62. The van der Waals surface area contributed by atoms with Gasteiger partial charge < -0.3 is 14.5 Å². The largest absolute Gasteiger partial charge is 0.356 e. The van der Waals surface area contributed by atoms with Crippen LogP contribution in [0.25, 0.3) is 0 Å². The van der Waals surface area contributed by atoms with Gasteiger partial charge >= 0.3 is 0 Å². The summed E-state index contributed by atoms with van der Waals surface area (Å²) < 4.78 is 5.76. The van der Waals surface area contributed by atoms with Crippen molar-refractivity contribution in [3.05, 3.63) is 35.4 Å². The van der Waals surface area contributed by atoms with Crippen molar-refractivity contribution in [2.75, 3.05) is 27.2 Å². The number of hydrogen-bond acceptors (Lipinski definition) is 3. The average molecular weight is 373 g/mol. The van der Waals surface area contributed by atoms with Crippen LogP contribution < -0.4 is 0 Å². The number of morpholine rings is 1. The summed E-state index contributed by atoms with van der Waals surface area (Å²) in [6.45, 7) is 2.72. The zero-order valence-electron chi connectivity index (χ0n) is 16.8. The highest BCUT2D eigenvalue weighted by atomic mass is 16.5. The van der Waals surface area contributed by atoms with Gasteiger partial charge in [-0.15, -0.1) is 0 Å². The molecule has 2 fully saturated rings. The van der Waals surface area contributed by atoms with Gasteiger partial charge in [-0.2, -0.15) is 0 Å². The van der Waals surface area contributed by atoms with Crippen LogP contribution in [0.5, 0.6) is 0 Å². The van der Waals surface area contributed by atoms with E-state index in [0.29, 0.717) is 0 Å². The lowest BCUT2D eigenvalue weighted by Gasteiger charge is -2.40. The highest BCUT2D eigenvalue weighted by Crippen LogP contribution is 2.32. The molecule has 1 aromatic rings. The zero-order valence-corrected chi connectivity index (χ0v) is 16.8. The number of hydrogen-bond donors (Lipinski definition) is 0. The first-order chi connectivity index (χ1) is 13.0. The smallest absolute Gasteiger partial charge is 0.253 e. The normalized spacial score (nSPS) is 23.7. The molecule has 1 heterocycles. The standard InChI is InChI=1S/C22H32N2O3/c1-16-9-4-7-13-18(16)20-21(27-15-19(25)24(20)3)22(26)23(2)14-8-12-17-10-5-6-11-17/h4,7,9,13,17,20-21H,5-6,8,10-12,14-15H2,1-3H3/t20-,21+/m1/s1. The third-order valence-corrected chi connectivity index (χ3v) is 6.19. The van der Waals surface area contributed by atoms with E-state index in [1.165, 1.54) is 32.1 Å². The number of aryl methyl sites for hydroxylation is 1. The van der Waals surface area contributed by atoms with E-state index < -0.39 is 6.10 Å². The minimum Gasteiger partial charge on any atom is -0.356 e. The molecule has 1 saturated carbocycles. The molecule has 0 radical (unpaired) electrons. The summed E-state index contributed by atoms with van der Waals surface area (Å²) in [6, 6.07) is 7.53. The summed E-state index contributed by atoms with van der Waals surface area (Å²) in [6.07, 6.45) is 6.97. The van der Waals surface area contributed by atoms with Gasteiger partial charge in [-0.1, -0.05) is 49.9 Å². The second-order valence-corrected chi connectivity index (χ2v) is 8.09. The van der Waals surface area contributed by atoms with Gasteiger partial charge in [0.2, 0.25) is 5.91 Å². The van der Waals surface area contributed by atoms with Crippen molar-refractivity contribution >= 4 is 11.8 Å². The number of likely N-dealkylation sites (N-methyl/N-ethyl adjacent to an activating group) is 2. The minimum atomic E-state index is -0.648. The number of benzene rings is 1. The van der Waals surface area contributed by atoms with Gasteiger partial charge in [0.1, 0.15) is 6.61 Å². The molecule has 0 spiro atoms. The van der Waals surface area contributed by atoms with Crippen LogP contribution in [0.1, 0.15) is 55.7 Å². The third kappa shape index (κ3) is 4.52. The fourth-order valence-electron chi connectivity index (χ4n) is 4.45. The van der Waals surface area contributed by atoms with Crippen molar-refractivity contribution in [3.8, 4) is 0 Å². The lowest BCUT2D eigenvalue weighted by molar-refractivity contribution is -0.166. The van der Waals surface area contributed by atoms with E-state index in [9.17, 15) is 9.59 Å². The number of amides is 2. The summed E-state index contributed by atoms with van der Waals surface area (Å²) in [4.78, 5) is 28.8. The van der Waals surface area contributed by atoms with Crippen LogP contribution in [0.3, 0.4) is 0 Å². The third-order valence-electron chi connectivity index (χ3n) is 6.19. The lowest BCUT2D eigenvalue weighted by Crippen LogP contribution is -2.53. The van der Waals surface area contributed by atoms with Gasteiger partial charge in [-0.25, -0.2) is 0 Å². The van der Waals surface area contributed by atoms with E-state index in [2.05, 4.69) is 0 Å². The van der Waals surface area contributed by atoms with Crippen molar-refractivity contribution in [1.29, 1.82) is 0 Å². The topological polar surface area (TPSA) is 49.9 Å². The molecule has 0 bridgehead atoms. The molecule has 3 rings (SSSR count). The maximum Gasteiger partial charge on any atom is 0.253 e. The Hall–Kier alpha value is -1.88. The molecular formula is C22H32N2O3. The Balaban J connectivity index is 1.68. The van der Waals surface area contributed by atoms with Gasteiger partial charge in [0.15, 0.2) is 6.10 Å². The predicted octanol–water partition coefficient (Wildman–Crippen LogP) is 3.32. The SMILES string of the molecule is Cc1ccccc1[C@@H]1[C@@H](C(=O)N(C)CCCC2CCCC2)OCC(=O)N1C. The molecule has 5 heteroatoms. The van der Waals surface area contributed by atoms with E-state index in [4.69, 9.17) is 4.74 Å². The Morgan fingerprint density at radius 3 is 2.67 bits per heavy atom. The first-order valence-corrected chi connectivity index (χ1v) is 10.2. The van der Waals surface area contributed by atoms with Crippen LogP contribution in [-0.2, 0) is 14.3 Å². The first kappa shape index (κ1) is 19.9. The maximum absolute atomic E-state index is 13.1. The first-order valence-electron chi connectivity index (χ1n) is 10.2. The Morgan fingerprint density at radius 2 is 1.96 bits per heavy atom.